The van der Waals surface area contributed by atoms with Crippen molar-refractivity contribution in [1.82, 2.24) is 4.31 Å². The molecule has 1 fully saturated rings. The molecule has 5 nitrogen and oxygen atoms in total. The first kappa shape index (κ1) is 13.2. The van der Waals surface area contributed by atoms with Crippen molar-refractivity contribution in [3.63, 3.8) is 0 Å². The molecule has 0 atom stereocenters. The van der Waals surface area contributed by atoms with Crippen molar-refractivity contribution < 1.29 is 8.42 Å². The fourth-order valence-corrected chi connectivity index (χ4v) is 2.24. The molecule has 16 heavy (non-hydrogen) atoms. The van der Waals surface area contributed by atoms with Crippen molar-refractivity contribution in [3.8, 4) is 0 Å². The third-order valence-electron chi connectivity index (χ3n) is 2.59. The molecule has 2 N–H and O–H groups in total. The minimum absolute atomic E-state index is 0.0726. The molecule has 0 saturated carbocycles. The standard InChI is InChI=1S/C10H19N3O2S/c1-8(2)9(4-11)5-12-10-6-13(7-10)16(3,14)15/h4-5,8,10H,6-7,11H2,1-3H3/b9-4+,12-5?. The van der Waals surface area contributed by atoms with Gasteiger partial charge in [0.25, 0.3) is 0 Å². The predicted octanol–water partition coefficient (Wildman–Crippen LogP) is 0.200. The molecule has 0 radical (unpaired) electrons. The Kier molecular flexibility index (Phi) is 4.09. The van der Waals surface area contributed by atoms with Crippen LogP contribution in [0.2, 0.25) is 0 Å². The van der Waals surface area contributed by atoms with Crippen molar-refractivity contribution in [2.75, 3.05) is 19.3 Å². The fourth-order valence-electron chi connectivity index (χ4n) is 1.36. The van der Waals surface area contributed by atoms with Gasteiger partial charge in [-0.25, -0.2) is 8.42 Å². The molecule has 6 heteroatoms. The summed E-state index contributed by atoms with van der Waals surface area (Å²) in [5, 5.41) is 0. The highest BCUT2D eigenvalue weighted by molar-refractivity contribution is 7.88. The van der Waals surface area contributed by atoms with Crippen LogP contribution in [0.1, 0.15) is 13.8 Å². The largest absolute Gasteiger partial charge is 0.404 e. The van der Waals surface area contributed by atoms with Crippen LogP contribution >= 0.6 is 0 Å². The predicted molar refractivity (Wildman–Crippen MR) is 65.8 cm³/mol. The zero-order valence-electron chi connectivity index (χ0n) is 9.92. The van der Waals surface area contributed by atoms with Gasteiger partial charge >= 0.3 is 0 Å². The van der Waals surface area contributed by atoms with E-state index >= 15 is 0 Å². The van der Waals surface area contributed by atoms with Crippen molar-refractivity contribution in [1.29, 1.82) is 0 Å². The molecule has 0 unspecified atom stereocenters. The third kappa shape index (κ3) is 3.31. The summed E-state index contributed by atoms with van der Waals surface area (Å²) in [6, 6.07) is 0.0726. The summed E-state index contributed by atoms with van der Waals surface area (Å²) in [5.41, 5.74) is 6.43. The first-order chi connectivity index (χ1) is 7.34. The smallest absolute Gasteiger partial charge is 0.211 e. The molecule has 0 spiro atoms. The van der Waals surface area contributed by atoms with Crippen LogP contribution in [0, 0.1) is 5.92 Å². The Morgan fingerprint density at radius 3 is 2.44 bits per heavy atom. The number of nitrogens with two attached hydrogens (primary N) is 1. The van der Waals surface area contributed by atoms with Gasteiger partial charge in [0.2, 0.25) is 10.0 Å². The molecular weight excluding hydrogens is 226 g/mol. The lowest BCUT2D eigenvalue weighted by Gasteiger charge is -2.34. The third-order valence-corrected chi connectivity index (χ3v) is 3.83. The van der Waals surface area contributed by atoms with E-state index in [0.29, 0.717) is 19.0 Å². The highest BCUT2D eigenvalue weighted by Crippen LogP contribution is 2.15. The molecular formula is C10H19N3O2S. The molecule has 0 aromatic rings. The summed E-state index contributed by atoms with van der Waals surface area (Å²) in [4.78, 5) is 4.31. The second kappa shape index (κ2) is 4.97. The molecule has 1 aliphatic heterocycles. The zero-order chi connectivity index (χ0) is 12.3. The molecule has 1 heterocycles. The van der Waals surface area contributed by atoms with E-state index in [4.69, 9.17) is 5.73 Å². The average molecular weight is 245 g/mol. The van der Waals surface area contributed by atoms with Gasteiger partial charge in [0.15, 0.2) is 0 Å². The lowest BCUT2D eigenvalue weighted by atomic mass is 10.1. The number of hydrogen-bond acceptors (Lipinski definition) is 4. The van der Waals surface area contributed by atoms with Crippen LogP contribution in [-0.2, 0) is 10.0 Å². The number of allylic oxidation sites excluding steroid dienone is 1. The van der Waals surface area contributed by atoms with Gasteiger partial charge in [0, 0.05) is 19.3 Å². The number of hydrogen-bond donors (Lipinski definition) is 1. The normalized spacial score (nSPS) is 20.6. The van der Waals surface area contributed by atoms with Crippen molar-refractivity contribution in [2.45, 2.75) is 19.9 Å². The summed E-state index contributed by atoms with van der Waals surface area (Å²) in [7, 11) is -3.04. The van der Waals surface area contributed by atoms with E-state index in [0.717, 1.165) is 5.57 Å². The second-order valence-electron chi connectivity index (χ2n) is 4.33. The summed E-state index contributed by atoms with van der Waals surface area (Å²) in [6.45, 7) is 5.03. The molecule has 0 amide bonds. The number of nitrogens with zero attached hydrogens (tertiary/aromatic N) is 2. The number of aliphatic imine (C=N–C) groups is 1. The van der Waals surface area contributed by atoms with Gasteiger partial charge in [-0.15, -0.1) is 0 Å². The van der Waals surface area contributed by atoms with Crippen LogP contribution in [0.3, 0.4) is 0 Å². The van der Waals surface area contributed by atoms with E-state index in [-0.39, 0.29) is 6.04 Å². The Hall–Kier alpha value is -0.880. The molecule has 1 aliphatic rings. The Labute approximate surface area is 97.1 Å². The quantitative estimate of drug-likeness (QED) is 0.719. The Balaban J connectivity index is 2.46. The minimum atomic E-state index is -3.04. The average Bonchev–Trinajstić information content (AvgIpc) is 2.05. The van der Waals surface area contributed by atoms with Crippen LogP contribution in [0.4, 0.5) is 0 Å². The summed E-state index contributed by atoms with van der Waals surface area (Å²) in [6.07, 6.45) is 4.50. The maximum Gasteiger partial charge on any atom is 0.211 e. The van der Waals surface area contributed by atoms with E-state index < -0.39 is 10.0 Å². The Morgan fingerprint density at radius 1 is 1.50 bits per heavy atom. The van der Waals surface area contributed by atoms with Crippen molar-refractivity contribution >= 4 is 16.2 Å². The van der Waals surface area contributed by atoms with Crippen LogP contribution in [-0.4, -0.2) is 44.3 Å². The van der Waals surface area contributed by atoms with E-state index in [2.05, 4.69) is 4.99 Å². The highest BCUT2D eigenvalue weighted by Gasteiger charge is 2.32. The van der Waals surface area contributed by atoms with Crippen LogP contribution in [0.15, 0.2) is 16.8 Å². The van der Waals surface area contributed by atoms with E-state index in [1.54, 1.807) is 12.4 Å². The second-order valence-corrected chi connectivity index (χ2v) is 6.32. The molecule has 0 aliphatic carbocycles. The van der Waals surface area contributed by atoms with Gasteiger partial charge < -0.3 is 5.73 Å². The minimum Gasteiger partial charge on any atom is -0.404 e. The van der Waals surface area contributed by atoms with Gasteiger partial charge in [0.1, 0.15) is 0 Å². The highest BCUT2D eigenvalue weighted by atomic mass is 32.2. The SMILES string of the molecule is CC(C)/C(C=NC1CN(S(C)(=O)=O)C1)=C/N. The number of rotatable bonds is 4. The van der Waals surface area contributed by atoms with Gasteiger partial charge in [-0.3, -0.25) is 4.99 Å². The molecule has 0 aromatic carbocycles. The molecule has 1 saturated heterocycles. The summed E-state index contributed by atoms with van der Waals surface area (Å²) >= 11 is 0. The van der Waals surface area contributed by atoms with Crippen LogP contribution in [0.5, 0.6) is 0 Å². The molecule has 92 valence electrons. The van der Waals surface area contributed by atoms with Crippen molar-refractivity contribution in [2.24, 2.45) is 16.6 Å². The Morgan fingerprint density at radius 2 is 2.06 bits per heavy atom. The molecule has 0 aromatic heterocycles. The first-order valence-electron chi connectivity index (χ1n) is 5.24. The lowest BCUT2D eigenvalue weighted by Crippen LogP contribution is -2.52. The summed E-state index contributed by atoms with van der Waals surface area (Å²) in [5.74, 6) is 0.333. The maximum absolute atomic E-state index is 11.1. The first-order valence-corrected chi connectivity index (χ1v) is 7.09. The van der Waals surface area contributed by atoms with Gasteiger partial charge in [-0.05, 0) is 17.7 Å². The van der Waals surface area contributed by atoms with Gasteiger partial charge in [0.05, 0.1) is 12.3 Å². The fraction of sp³-hybridized carbons (Fsp3) is 0.700. The van der Waals surface area contributed by atoms with E-state index in [1.165, 1.54) is 10.6 Å². The van der Waals surface area contributed by atoms with E-state index in [1.807, 2.05) is 13.8 Å². The lowest BCUT2D eigenvalue weighted by molar-refractivity contribution is 0.269. The van der Waals surface area contributed by atoms with Gasteiger partial charge in [-0.2, -0.15) is 4.31 Å². The van der Waals surface area contributed by atoms with Crippen LogP contribution < -0.4 is 5.73 Å². The zero-order valence-corrected chi connectivity index (χ0v) is 10.7. The topological polar surface area (TPSA) is 75.8 Å². The Bertz CT molecular complexity index is 392. The van der Waals surface area contributed by atoms with Gasteiger partial charge in [-0.1, -0.05) is 13.8 Å². The number of sulfonamides is 1. The summed E-state index contributed by atoms with van der Waals surface area (Å²) < 4.78 is 23.6. The monoisotopic (exact) mass is 245 g/mol. The molecule has 1 rings (SSSR count). The van der Waals surface area contributed by atoms with E-state index in [9.17, 15) is 8.42 Å². The molecule has 0 bridgehead atoms. The maximum atomic E-state index is 11.1. The van der Waals surface area contributed by atoms with Crippen molar-refractivity contribution in [3.05, 3.63) is 11.8 Å². The van der Waals surface area contributed by atoms with Crippen LogP contribution in [0.25, 0.3) is 0 Å².